The van der Waals surface area contributed by atoms with E-state index in [0.29, 0.717) is 48.5 Å². The minimum absolute atomic E-state index is 0.0147. The molecule has 2 aromatic rings. The molecule has 0 aliphatic carbocycles. The van der Waals surface area contributed by atoms with Crippen molar-refractivity contribution in [2.24, 2.45) is 0 Å². The molecule has 1 aliphatic heterocycles. The summed E-state index contributed by atoms with van der Waals surface area (Å²) in [6, 6.07) is 12.7. The van der Waals surface area contributed by atoms with Gasteiger partial charge in [0.2, 0.25) is 0 Å². The van der Waals surface area contributed by atoms with Gasteiger partial charge in [0.15, 0.2) is 16.6 Å². The van der Waals surface area contributed by atoms with Gasteiger partial charge in [-0.05, 0) is 48.6 Å². The van der Waals surface area contributed by atoms with Crippen LogP contribution in [-0.4, -0.2) is 56.4 Å². The molecule has 0 unspecified atom stereocenters. The first-order valence-corrected chi connectivity index (χ1v) is 9.28. The van der Waals surface area contributed by atoms with Gasteiger partial charge in [-0.15, -0.1) is 0 Å². The van der Waals surface area contributed by atoms with Gasteiger partial charge in [0, 0.05) is 36.1 Å². The third-order valence-corrected chi connectivity index (χ3v) is 4.53. The van der Waals surface area contributed by atoms with Gasteiger partial charge < -0.3 is 29.7 Å². The number of carbonyl (C=O) groups excluding carboxylic acids is 1. The van der Waals surface area contributed by atoms with Gasteiger partial charge in [0.05, 0.1) is 27.4 Å². The van der Waals surface area contributed by atoms with Crippen molar-refractivity contribution in [3.8, 4) is 11.5 Å². The van der Waals surface area contributed by atoms with Gasteiger partial charge in [0.1, 0.15) is 0 Å². The number of thiocarbonyl (C=S) groups is 1. The molecule has 148 valence electrons. The van der Waals surface area contributed by atoms with E-state index in [2.05, 4.69) is 10.6 Å². The Balaban J connectivity index is 1.59. The van der Waals surface area contributed by atoms with Crippen molar-refractivity contribution in [2.45, 2.75) is 0 Å². The molecule has 0 aromatic heterocycles. The number of hydrogen-bond donors (Lipinski definition) is 2. The number of hydrogen-bond acceptors (Lipinski definition) is 5. The molecule has 0 saturated carbocycles. The van der Waals surface area contributed by atoms with Crippen LogP contribution in [0.15, 0.2) is 42.5 Å². The Hall–Kier alpha value is -2.84. The predicted molar refractivity (Wildman–Crippen MR) is 113 cm³/mol. The minimum Gasteiger partial charge on any atom is -0.493 e. The number of carbonyl (C=O) groups is 1. The number of nitrogens with zero attached hydrogens (tertiary/aromatic N) is 1. The number of morpholine rings is 1. The molecule has 0 radical (unpaired) electrons. The van der Waals surface area contributed by atoms with Gasteiger partial charge in [-0.2, -0.15) is 0 Å². The Morgan fingerprint density at radius 1 is 0.964 bits per heavy atom. The molecule has 0 bridgehead atoms. The Kier molecular flexibility index (Phi) is 6.67. The van der Waals surface area contributed by atoms with Crippen LogP contribution in [-0.2, 0) is 4.74 Å². The summed E-state index contributed by atoms with van der Waals surface area (Å²) in [6.07, 6.45) is 0. The molecule has 28 heavy (non-hydrogen) atoms. The smallest absolute Gasteiger partial charge is 0.254 e. The van der Waals surface area contributed by atoms with Crippen LogP contribution in [0.25, 0.3) is 0 Å². The molecule has 1 heterocycles. The first kappa shape index (κ1) is 19.9. The molecule has 8 heteroatoms. The molecule has 7 nitrogen and oxygen atoms in total. The molecule has 1 fully saturated rings. The predicted octanol–water partition coefficient (Wildman–Crippen LogP) is 2.99. The summed E-state index contributed by atoms with van der Waals surface area (Å²) in [5.74, 6) is 1.27. The molecule has 3 rings (SSSR count). The summed E-state index contributed by atoms with van der Waals surface area (Å²) < 4.78 is 15.8. The summed E-state index contributed by atoms with van der Waals surface area (Å²) in [5, 5.41) is 6.64. The fraction of sp³-hybridized carbons (Fsp3) is 0.300. The van der Waals surface area contributed by atoms with Crippen molar-refractivity contribution in [1.29, 1.82) is 0 Å². The second-order valence-corrected chi connectivity index (χ2v) is 6.54. The van der Waals surface area contributed by atoms with E-state index in [9.17, 15) is 4.79 Å². The van der Waals surface area contributed by atoms with Crippen LogP contribution < -0.4 is 20.1 Å². The van der Waals surface area contributed by atoms with Crippen LogP contribution in [0.1, 0.15) is 10.4 Å². The van der Waals surface area contributed by atoms with Gasteiger partial charge in [-0.1, -0.05) is 0 Å². The third-order valence-electron chi connectivity index (χ3n) is 4.33. The van der Waals surface area contributed by atoms with E-state index in [1.54, 1.807) is 43.4 Å². The molecule has 2 aromatic carbocycles. The quantitative estimate of drug-likeness (QED) is 0.746. The third kappa shape index (κ3) is 4.90. The van der Waals surface area contributed by atoms with Crippen molar-refractivity contribution < 1.29 is 19.0 Å². The molecule has 1 aliphatic rings. The maximum Gasteiger partial charge on any atom is 0.254 e. The van der Waals surface area contributed by atoms with Crippen LogP contribution in [0.2, 0.25) is 0 Å². The molecule has 1 amide bonds. The summed E-state index contributed by atoms with van der Waals surface area (Å²) in [4.78, 5) is 14.3. The van der Waals surface area contributed by atoms with Crippen LogP contribution in [0.5, 0.6) is 11.5 Å². The zero-order valence-corrected chi connectivity index (χ0v) is 16.7. The van der Waals surface area contributed by atoms with Crippen molar-refractivity contribution in [3.05, 3.63) is 48.0 Å². The maximum absolute atomic E-state index is 12.5. The Morgan fingerprint density at radius 2 is 1.57 bits per heavy atom. The first-order valence-electron chi connectivity index (χ1n) is 8.88. The minimum atomic E-state index is 0.0147. The average Bonchev–Trinajstić information content (AvgIpc) is 2.74. The maximum atomic E-state index is 12.5. The van der Waals surface area contributed by atoms with Crippen molar-refractivity contribution >= 4 is 34.6 Å². The monoisotopic (exact) mass is 401 g/mol. The second kappa shape index (κ2) is 9.38. The van der Waals surface area contributed by atoms with E-state index in [4.69, 9.17) is 26.4 Å². The van der Waals surface area contributed by atoms with Crippen molar-refractivity contribution in [3.63, 3.8) is 0 Å². The fourth-order valence-corrected chi connectivity index (χ4v) is 3.09. The van der Waals surface area contributed by atoms with Crippen LogP contribution >= 0.6 is 12.2 Å². The highest BCUT2D eigenvalue weighted by Crippen LogP contribution is 2.29. The van der Waals surface area contributed by atoms with Crippen LogP contribution in [0, 0.1) is 0 Å². The number of amides is 1. The molecule has 2 N–H and O–H groups in total. The van der Waals surface area contributed by atoms with E-state index in [-0.39, 0.29) is 5.91 Å². The lowest BCUT2D eigenvalue weighted by atomic mass is 10.1. The van der Waals surface area contributed by atoms with Gasteiger partial charge in [-0.3, -0.25) is 4.79 Å². The van der Waals surface area contributed by atoms with E-state index in [1.165, 1.54) is 0 Å². The van der Waals surface area contributed by atoms with E-state index >= 15 is 0 Å². The van der Waals surface area contributed by atoms with Crippen LogP contribution in [0.3, 0.4) is 0 Å². The standard InChI is InChI=1S/C20H23N3O4S/c1-25-17-8-7-16(13-18(17)26-2)22-20(28)21-15-5-3-14(4-6-15)19(24)23-9-11-27-12-10-23/h3-8,13H,9-12H2,1-2H3,(H2,21,22,28). The number of methoxy groups -OCH3 is 2. The van der Waals surface area contributed by atoms with Crippen LogP contribution in [0.4, 0.5) is 11.4 Å². The van der Waals surface area contributed by atoms with Gasteiger partial charge in [0.25, 0.3) is 5.91 Å². The largest absolute Gasteiger partial charge is 0.493 e. The normalized spacial score (nSPS) is 13.6. The highest BCUT2D eigenvalue weighted by molar-refractivity contribution is 7.80. The van der Waals surface area contributed by atoms with Crippen molar-refractivity contribution in [2.75, 3.05) is 51.2 Å². The second-order valence-electron chi connectivity index (χ2n) is 6.13. The topological polar surface area (TPSA) is 72.1 Å². The molecule has 0 atom stereocenters. The summed E-state index contributed by atoms with van der Waals surface area (Å²) in [5.41, 5.74) is 2.21. The lowest BCUT2D eigenvalue weighted by Crippen LogP contribution is -2.40. The highest BCUT2D eigenvalue weighted by Gasteiger charge is 2.18. The molecule has 0 spiro atoms. The highest BCUT2D eigenvalue weighted by atomic mass is 32.1. The summed E-state index contributed by atoms with van der Waals surface area (Å²) >= 11 is 5.36. The molecular weight excluding hydrogens is 378 g/mol. The Labute approximate surface area is 169 Å². The van der Waals surface area contributed by atoms with E-state index < -0.39 is 0 Å². The summed E-state index contributed by atoms with van der Waals surface area (Å²) in [7, 11) is 3.17. The molecular formula is C20H23N3O4S. The number of anilines is 2. The lowest BCUT2D eigenvalue weighted by molar-refractivity contribution is 0.0303. The zero-order chi connectivity index (χ0) is 19.9. The Bertz CT molecular complexity index is 836. The first-order chi connectivity index (χ1) is 13.6. The Morgan fingerprint density at radius 3 is 2.21 bits per heavy atom. The zero-order valence-electron chi connectivity index (χ0n) is 15.9. The van der Waals surface area contributed by atoms with Gasteiger partial charge >= 0.3 is 0 Å². The van der Waals surface area contributed by atoms with E-state index in [1.807, 2.05) is 18.2 Å². The fourth-order valence-electron chi connectivity index (χ4n) is 2.85. The number of nitrogens with one attached hydrogen (secondary N) is 2. The lowest BCUT2D eigenvalue weighted by Gasteiger charge is -2.26. The average molecular weight is 401 g/mol. The number of benzene rings is 2. The summed E-state index contributed by atoms with van der Waals surface area (Å²) in [6.45, 7) is 2.42. The number of ether oxygens (including phenoxy) is 3. The SMILES string of the molecule is COc1ccc(NC(=S)Nc2ccc(C(=O)N3CCOCC3)cc2)cc1OC. The molecule has 1 saturated heterocycles. The number of rotatable bonds is 5. The van der Waals surface area contributed by atoms with Crippen molar-refractivity contribution in [1.82, 2.24) is 4.90 Å². The van der Waals surface area contributed by atoms with Gasteiger partial charge in [-0.25, -0.2) is 0 Å². The van der Waals surface area contributed by atoms with E-state index in [0.717, 1.165) is 11.4 Å².